The molecular weight excluding hydrogens is 344 g/mol. The number of nitrogens with zero attached hydrogens (tertiary/aromatic N) is 3. The maximum Gasteiger partial charge on any atom is 0.335 e. The van der Waals surface area contributed by atoms with Crippen LogP contribution >= 0.6 is 0 Å². The standard InChI is InChI=1S/C16H20N4O4S/c1-25(23,24)17-9-14-8-15-11-19(6-7-20(15)18-14)10-12-2-4-13(5-3-12)16(21)22/h2-5,8,17H,6-7,9-11H2,1H3,(H,21,22). The number of aromatic nitrogens is 2. The van der Waals surface area contributed by atoms with Crippen molar-refractivity contribution in [3.8, 4) is 0 Å². The number of nitrogens with one attached hydrogen (secondary N) is 1. The van der Waals surface area contributed by atoms with Crippen LogP contribution in [0.5, 0.6) is 0 Å². The molecule has 1 aliphatic rings. The highest BCUT2D eigenvalue weighted by Crippen LogP contribution is 2.17. The minimum absolute atomic E-state index is 0.190. The van der Waals surface area contributed by atoms with Gasteiger partial charge in [-0.2, -0.15) is 5.10 Å². The molecule has 0 radical (unpaired) electrons. The Balaban J connectivity index is 1.62. The molecule has 0 amide bonds. The Hall–Kier alpha value is -2.23. The number of rotatable bonds is 6. The number of carboxylic acids is 1. The van der Waals surface area contributed by atoms with Gasteiger partial charge in [0.2, 0.25) is 10.0 Å². The van der Waals surface area contributed by atoms with Gasteiger partial charge in [-0.3, -0.25) is 9.58 Å². The van der Waals surface area contributed by atoms with Crippen LogP contribution in [0.3, 0.4) is 0 Å². The summed E-state index contributed by atoms with van der Waals surface area (Å²) in [6.45, 7) is 3.19. The Bertz CT molecular complexity index is 874. The fourth-order valence-electron chi connectivity index (χ4n) is 2.82. The third kappa shape index (κ3) is 4.65. The first-order valence-corrected chi connectivity index (χ1v) is 9.74. The van der Waals surface area contributed by atoms with Crippen LogP contribution in [0.4, 0.5) is 0 Å². The van der Waals surface area contributed by atoms with Crippen LogP contribution < -0.4 is 4.72 Å². The smallest absolute Gasteiger partial charge is 0.335 e. The number of fused-ring (bicyclic) bond motifs is 1. The fraction of sp³-hybridized carbons (Fsp3) is 0.375. The minimum atomic E-state index is -3.24. The van der Waals surface area contributed by atoms with Crippen LogP contribution in [0.15, 0.2) is 30.3 Å². The summed E-state index contributed by atoms with van der Waals surface area (Å²) in [5, 5.41) is 13.4. The van der Waals surface area contributed by atoms with E-state index >= 15 is 0 Å². The van der Waals surface area contributed by atoms with Crippen molar-refractivity contribution >= 4 is 16.0 Å². The minimum Gasteiger partial charge on any atom is -0.478 e. The number of sulfonamides is 1. The molecule has 8 nitrogen and oxygen atoms in total. The molecule has 1 aromatic carbocycles. The third-order valence-electron chi connectivity index (χ3n) is 4.05. The molecule has 2 heterocycles. The Labute approximate surface area is 146 Å². The topological polar surface area (TPSA) is 105 Å². The van der Waals surface area contributed by atoms with Crippen molar-refractivity contribution in [1.82, 2.24) is 19.4 Å². The molecule has 3 rings (SSSR count). The van der Waals surface area contributed by atoms with E-state index in [0.717, 1.165) is 37.1 Å². The van der Waals surface area contributed by atoms with Crippen molar-refractivity contribution in [1.29, 1.82) is 0 Å². The SMILES string of the molecule is CS(=O)(=O)NCc1cc2n(n1)CCN(Cc1ccc(C(=O)O)cc1)C2. The average Bonchev–Trinajstić information content (AvgIpc) is 2.95. The molecule has 0 spiro atoms. The first kappa shape index (κ1) is 17.6. The second-order valence-corrected chi connectivity index (χ2v) is 7.99. The van der Waals surface area contributed by atoms with Gasteiger partial charge < -0.3 is 5.11 Å². The largest absolute Gasteiger partial charge is 0.478 e. The molecule has 134 valence electrons. The van der Waals surface area contributed by atoms with Gasteiger partial charge in [0.1, 0.15) is 0 Å². The van der Waals surface area contributed by atoms with Gasteiger partial charge in [0.05, 0.1) is 36.3 Å². The molecule has 25 heavy (non-hydrogen) atoms. The third-order valence-corrected chi connectivity index (χ3v) is 4.72. The summed E-state index contributed by atoms with van der Waals surface area (Å²) in [6, 6.07) is 8.80. The zero-order valence-corrected chi connectivity index (χ0v) is 14.7. The predicted octanol–water partition coefficient (Wildman–Crippen LogP) is 0.646. The second kappa shape index (κ2) is 6.95. The Morgan fingerprint density at radius 2 is 2.00 bits per heavy atom. The van der Waals surface area contributed by atoms with Crippen molar-refractivity contribution in [2.45, 2.75) is 26.2 Å². The monoisotopic (exact) mass is 364 g/mol. The normalized spacial score (nSPS) is 15.1. The van der Waals surface area contributed by atoms with Crippen LogP contribution in [0.1, 0.15) is 27.3 Å². The van der Waals surface area contributed by atoms with Crippen molar-refractivity contribution in [2.75, 3.05) is 12.8 Å². The lowest BCUT2D eigenvalue weighted by molar-refractivity contribution is 0.0697. The number of aromatic carboxylic acids is 1. The highest BCUT2D eigenvalue weighted by Gasteiger charge is 2.19. The first-order valence-electron chi connectivity index (χ1n) is 7.85. The number of carbonyl (C=O) groups is 1. The maximum atomic E-state index is 11.2. The van der Waals surface area contributed by atoms with E-state index in [1.165, 1.54) is 0 Å². The summed E-state index contributed by atoms with van der Waals surface area (Å²) < 4.78 is 26.7. The van der Waals surface area contributed by atoms with E-state index in [1.807, 2.05) is 22.9 Å². The summed E-state index contributed by atoms with van der Waals surface area (Å²) in [4.78, 5) is 13.1. The van der Waals surface area contributed by atoms with Crippen LogP contribution in [-0.2, 0) is 36.2 Å². The summed E-state index contributed by atoms with van der Waals surface area (Å²) in [5.74, 6) is -0.927. The van der Waals surface area contributed by atoms with E-state index in [4.69, 9.17) is 5.11 Å². The molecule has 2 N–H and O–H groups in total. The van der Waals surface area contributed by atoms with Crippen molar-refractivity contribution in [3.05, 3.63) is 52.8 Å². The molecule has 0 saturated heterocycles. The number of carboxylic acid groups (broad SMARTS) is 1. The van der Waals surface area contributed by atoms with Gasteiger partial charge in [-0.1, -0.05) is 12.1 Å². The molecular formula is C16H20N4O4S. The van der Waals surface area contributed by atoms with Gasteiger partial charge in [0.25, 0.3) is 0 Å². The second-order valence-electron chi connectivity index (χ2n) is 6.16. The Morgan fingerprint density at radius 1 is 1.28 bits per heavy atom. The summed E-state index contributed by atoms with van der Waals surface area (Å²) in [6.07, 6.45) is 1.13. The Kier molecular flexibility index (Phi) is 4.89. The lowest BCUT2D eigenvalue weighted by atomic mass is 10.1. The average molecular weight is 364 g/mol. The number of benzene rings is 1. The molecule has 0 saturated carbocycles. The van der Waals surface area contributed by atoms with Gasteiger partial charge >= 0.3 is 5.97 Å². The fourth-order valence-corrected chi connectivity index (χ4v) is 3.23. The van der Waals surface area contributed by atoms with Gasteiger partial charge in [-0.25, -0.2) is 17.9 Å². The molecule has 1 aromatic heterocycles. The number of hydrogen-bond acceptors (Lipinski definition) is 5. The molecule has 1 aliphatic heterocycles. The molecule has 0 unspecified atom stereocenters. The molecule has 0 fully saturated rings. The molecule has 0 aliphatic carbocycles. The highest BCUT2D eigenvalue weighted by molar-refractivity contribution is 7.88. The molecule has 0 bridgehead atoms. The number of hydrogen-bond donors (Lipinski definition) is 2. The van der Waals surface area contributed by atoms with Gasteiger partial charge in [0.15, 0.2) is 0 Å². The van der Waals surface area contributed by atoms with Crippen molar-refractivity contribution in [2.24, 2.45) is 0 Å². The van der Waals surface area contributed by atoms with Gasteiger partial charge in [-0.15, -0.1) is 0 Å². The van der Waals surface area contributed by atoms with Crippen LogP contribution in [0.25, 0.3) is 0 Å². The van der Waals surface area contributed by atoms with E-state index in [9.17, 15) is 13.2 Å². The van der Waals surface area contributed by atoms with E-state index in [1.54, 1.807) is 12.1 Å². The summed E-state index contributed by atoms with van der Waals surface area (Å²) in [5.41, 5.74) is 3.08. The van der Waals surface area contributed by atoms with Crippen LogP contribution in [0, 0.1) is 0 Å². The first-order chi connectivity index (χ1) is 11.8. The molecule has 0 atom stereocenters. The summed E-state index contributed by atoms with van der Waals surface area (Å²) >= 11 is 0. The van der Waals surface area contributed by atoms with Crippen molar-refractivity contribution < 1.29 is 18.3 Å². The highest BCUT2D eigenvalue weighted by atomic mass is 32.2. The maximum absolute atomic E-state index is 11.2. The van der Waals surface area contributed by atoms with Gasteiger partial charge in [-0.05, 0) is 23.8 Å². The Morgan fingerprint density at radius 3 is 2.64 bits per heavy atom. The lowest BCUT2D eigenvalue weighted by Crippen LogP contribution is -2.33. The van der Waals surface area contributed by atoms with E-state index in [2.05, 4.69) is 14.7 Å². The molecule has 9 heteroatoms. The van der Waals surface area contributed by atoms with E-state index < -0.39 is 16.0 Å². The van der Waals surface area contributed by atoms with Gasteiger partial charge in [0, 0.05) is 19.6 Å². The van der Waals surface area contributed by atoms with Crippen LogP contribution in [-0.4, -0.2) is 47.0 Å². The lowest BCUT2D eigenvalue weighted by Gasteiger charge is -2.27. The van der Waals surface area contributed by atoms with E-state index in [0.29, 0.717) is 12.2 Å². The zero-order valence-electron chi connectivity index (χ0n) is 13.8. The zero-order chi connectivity index (χ0) is 18.0. The van der Waals surface area contributed by atoms with Crippen molar-refractivity contribution in [3.63, 3.8) is 0 Å². The van der Waals surface area contributed by atoms with E-state index in [-0.39, 0.29) is 12.1 Å². The molecule has 2 aromatic rings. The quantitative estimate of drug-likeness (QED) is 0.780. The van der Waals surface area contributed by atoms with Crippen LogP contribution in [0.2, 0.25) is 0 Å². The predicted molar refractivity (Wildman–Crippen MR) is 91.4 cm³/mol. The summed E-state index contributed by atoms with van der Waals surface area (Å²) in [7, 11) is -3.24.